The fraction of sp³-hybridized carbons (Fsp3) is 0.400. The van der Waals surface area contributed by atoms with Crippen molar-refractivity contribution in [2.24, 2.45) is 0 Å². The summed E-state index contributed by atoms with van der Waals surface area (Å²) in [5.74, 6) is 0.0531. The molecule has 0 radical (unpaired) electrons. The highest BCUT2D eigenvalue weighted by Gasteiger charge is 2.21. The summed E-state index contributed by atoms with van der Waals surface area (Å²) in [6.45, 7) is 12.1. The minimum Gasteiger partial charge on any atom is -0.355 e. The number of hydrogen-bond donors (Lipinski definition) is 2. The lowest BCUT2D eigenvalue weighted by molar-refractivity contribution is 0.102. The van der Waals surface area contributed by atoms with Crippen molar-refractivity contribution in [3.8, 4) is 0 Å². The number of carbonyl (C=O) groups excluding carboxylic acids is 1. The van der Waals surface area contributed by atoms with Crippen LogP contribution < -0.4 is 0 Å². The van der Waals surface area contributed by atoms with Crippen LogP contribution >= 0.6 is 0 Å². The molecule has 2 N–H and O–H groups in total. The largest absolute Gasteiger partial charge is 0.355 e. The number of hydrogen-bond acceptors (Lipinski definition) is 1. The molecule has 2 rings (SSSR count). The summed E-state index contributed by atoms with van der Waals surface area (Å²) in [4.78, 5) is 19.0. The molecule has 2 aromatic heterocycles. The van der Waals surface area contributed by atoms with Gasteiger partial charge < -0.3 is 9.97 Å². The highest BCUT2D eigenvalue weighted by molar-refractivity contribution is 6.09. The smallest absolute Gasteiger partial charge is 0.225 e. The lowest BCUT2D eigenvalue weighted by atomic mass is 10.0. The van der Waals surface area contributed by atoms with Gasteiger partial charge in [-0.25, -0.2) is 0 Å². The van der Waals surface area contributed by atoms with Gasteiger partial charge in [-0.2, -0.15) is 0 Å². The van der Waals surface area contributed by atoms with Gasteiger partial charge in [-0.15, -0.1) is 0 Å². The second-order valence-corrected chi connectivity index (χ2v) is 5.08. The van der Waals surface area contributed by atoms with E-state index in [9.17, 15) is 4.79 Å². The minimum atomic E-state index is 0.0531. The first-order chi connectivity index (χ1) is 8.34. The molecular formula is C15H20N2O. The molecule has 0 aromatic carbocycles. The summed E-state index contributed by atoms with van der Waals surface area (Å²) in [5, 5.41) is 0. The lowest BCUT2D eigenvalue weighted by Crippen LogP contribution is -2.06. The standard InChI is InChI=1S/C15H20N2O/c1-7-9(3)13(16-11(7)5)15(18)14-10(4)8(2)12(6)17-14/h16-17H,1-6H3. The van der Waals surface area contributed by atoms with Crippen LogP contribution in [0.3, 0.4) is 0 Å². The third kappa shape index (κ3) is 1.70. The normalized spacial score (nSPS) is 11.0. The van der Waals surface area contributed by atoms with Gasteiger partial charge in [0.1, 0.15) is 0 Å². The zero-order valence-electron chi connectivity index (χ0n) is 11.9. The van der Waals surface area contributed by atoms with Crippen molar-refractivity contribution in [1.82, 2.24) is 9.97 Å². The molecule has 2 heterocycles. The van der Waals surface area contributed by atoms with E-state index in [1.807, 2.05) is 41.5 Å². The second-order valence-electron chi connectivity index (χ2n) is 5.08. The van der Waals surface area contributed by atoms with Crippen LogP contribution in [0.5, 0.6) is 0 Å². The van der Waals surface area contributed by atoms with E-state index in [0.29, 0.717) is 11.4 Å². The third-order valence-electron chi connectivity index (χ3n) is 4.08. The summed E-state index contributed by atoms with van der Waals surface area (Å²) >= 11 is 0. The number of aromatic amines is 2. The van der Waals surface area contributed by atoms with Gasteiger partial charge in [0, 0.05) is 11.4 Å². The van der Waals surface area contributed by atoms with Crippen LogP contribution in [0.2, 0.25) is 0 Å². The third-order valence-corrected chi connectivity index (χ3v) is 4.08. The topological polar surface area (TPSA) is 48.6 Å². The predicted octanol–water partition coefficient (Wildman–Crippen LogP) is 3.42. The Morgan fingerprint density at radius 3 is 1.22 bits per heavy atom. The number of aromatic nitrogens is 2. The lowest BCUT2D eigenvalue weighted by Gasteiger charge is -2.00. The van der Waals surface area contributed by atoms with Gasteiger partial charge in [0.15, 0.2) is 0 Å². The molecular weight excluding hydrogens is 224 g/mol. The monoisotopic (exact) mass is 244 g/mol. The molecule has 3 heteroatoms. The second kappa shape index (κ2) is 4.16. The molecule has 0 aliphatic heterocycles. The maximum absolute atomic E-state index is 12.6. The first-order valence-corrected chi connectivity index (χ1v) is 6.20. The van der Waals surface area contributed by atoms with Crippen LogP contribution in [-0.4, -0.2) is 15.8 Å². The summed E-state index contributed by atoms with van der Waals surface area (Å²) < 4.78 is 0. The van der Waals surface area contributed by atoms with Crippen LogP contribution in [0, 0.1) is 41.5 Å². The molecule has 0 saturated carbocycles. The molecule has 0 fully saturated rings. The number of carbonyl (C=O) groups is 1. The average molecular weight is 244 g/mol. The van der Waals surface area contributed by atoms with Crippen LogP contribution in [-0.2, 0) is 0 Å². The Bertz CT molecular complexity index is 575. The summed E-state index contributed by atoms with van der Waals surface area (Å²) in [5.41, 5.74) is 7.95. The van der Waals surface area contributed by atoms with Gasteiger partial charge in [0.2, 0.25) is 5.78 Å². The van der Waals surface area contributed by atoms with E-state index in [-0.39, 0.29) is 5.78 Å². The Kier molecular flexibility index (Phi) is 2.93. The zero-order valence-corrected chi connectivity index (χ0v) is 11.9. The Morgan fingerprint density at radius 1 is 0.667 bits per heavy atom. The quantitative estimate of drug-likeness (QED) is 0.781. The van der Waals surface area contributed by atoms with Crippen molar-refractivity contribution in [2.75, 3.05) is 0 Å². The van der Waals surface area contributed by atoms with Crippen molar-refractivity contribution < 1.29 is 4.79 Å². The first-order valence-electron chi connectivity index (χ1n) is 6.20. The van der Waals surface area contributed by atoms with E-state index in [1.165, 1.54) is 0 Å². The van der Waals surface area contributed by atoms with Crippen LogP contribution in [0.15, 0.2) is 0 Å². The van der Waals surface area contributed by atoms with Crippen molar-refractivity contribution in [2.45, 2.75) is 41.5 Å². The Morgan fingerprint density at radius 2 is 1.00 bits per heavy atom. The zero-order chi connectivity index (χ0) is 13.6. The number of H-pyrrole nitrogens is 2. The Labute approximate surface area is 108 Å². The van der Waals surface area contributed by atoms with E-state index in [1.54, 1.807) is 0 Å². The molecule has 96 valence electrons. The molecule has 0 amide bonds. The van der Waals surface area contributed by atoms with E-state index in [4.69, 9.17) is 0 Å². The summed E-state index contributed by atoms with van der Waals surface area (Å²) in [6, 6.07) is 0. The van der Waals surface area contributed by atoms with E-state index >= 15 is 0 Å². The number of ketones is 1. The van der Waals surface area contributed by atoms with Gasteiger partial charge >= 0.3 is 0 Å². The van der Waals surface area contributed by atoms with Gasteiger partial charge in [-0.05, 0) is 63.8 Å². The van der Waals surface area contributed by atoms with Crippen LogP contribution in [0.4, 0.5) is 0 Å². The highest BCUT2D eigenvalue weighted by Crippen LogP contribution is 2.23. The van der Waals surface area contributed by atoms with Gasteiger partial charge in [-0.1, -0.05) is 0 Å². The number of rotatable bonds is 2. The molecule has 2 aromatic rings. The molecule has 0 spiro atoms. The van der Waals surface area contributed by atoms with Crippen LogP contribution in [0.25, 0.3) is 0 Å². The van der Waals surface area contributed by atoms with Crippen molar-refractivity contribution >= 4 is 5.78 Å². The highest BCUT2D eigenvalue weighted by atomic mass is 16.1. The molecule has 0 bridgehead atoms. The first kappa shape index (κ1) is 12.7. The van der Waals surface area contributed by atoms with E-state index in [2.05, 4.69) is 9.97 Å². The Balaban J connectivity index is 2.55. The fourth-order valence-electron chi connectivity index (χ4n) is 2.27. The maximum Gasteiger partial charge on any atom is 0.225 e. The summed E-state index contributed by atoms with van der Waals surface area (Å²) in [6.07, 6.45) is 0. The van der Waals surface area contributed by atoms with Crippen molar-refractivity contribution in [3.63, 3.8) is 0 Å². The fourth-order valence-corrected chi connectivity index (χ4v) is 2.27. The number of nitrogens with one attached hydrogen (secondary N) is 2. The van der Waals surface area contributed by atoms with Crippen molar-refractivity contribution in [1.29, 1.82) is 0 Å². The minimum absolute atomic E-state index is 0.0531. The molecule has 0 aliphatic rings. The molecule has 0 saturated heterocycles. The molecule has 0 aliphatic carbocycles. The molecule has 3 nitrogen and oxygen atoms in total. The van der Waals surface area contributed by atoms with E-state index < -0.39 is 0 Å². The molecule has 0 atom stereocenters. The Hall–Kier alpha value is -1.77. The van der Waals surface area contributed by atoms with E-state index in [0.717, 1.165) is 33.6 Å². The van der Waals surface area contributed by atoms with Gasteiger partial charge in [0.05, 0.1) is 11.4 Å². The van der Waals surface area contributed by atoms with Gasteiger partial charge in [-0.3, -0.25) is 4.79 Å². The number of aryl methyl sites for hydroxylation is 2. The average Bonchev–Trinajstić information content (AvgIpc) is 2.74. The maximum atomic E-state index is 12.6. The van der Waals surface area contributed by atoms with Gasteiger partial charge in [0.25, 0.3) is 0 Å². The summed E-state index contributed by atoms with van der Waals surface area (Å²) in [7, 11) is 0. The van der Waals surface area contributed by atoms with Crippen molar-refractivity contribution in [3.05, 3.63) is 45.0 Å². The SMILES string of the molecule is Cc1[nH]c(C(=O)c2[nH]c(C)c(C)c2C)c(C)c1C. The molecule has 18 heavy (non-hydrogen) atoms. The van der Waals surface area contributed by atoms with Crippen LogP contribution in [0.1, 0.15) is 49.8 Å². The predicted molar refractivity (Wildman–Crippen MR) is 73.4 cm³/mol. The molecule has 0 unspecified atom stereocenters.